The van der Waals surface area contributed by atoms with E-state index in [1.165, 1.54) is 0 Å². The number of nitrogens with two attached hydrogens (primary N) is 2. The highest BCUT2D eigenvalue weighted by Gasteiger charge is 2.27. The lowest BCUT2D eigenvalue weighted by Crippen LogP contribution is -2.04. The molecule has 36 heavy (non-hydrogen) atoms. The third kappa shape index (κ3) is 5.88. The van der Waals surface area contributed by atoms with Gasteiger partial charge in [0, 0.05) is 34.0 Å². The first-order valence-corrected chi connectivity index (χ1v) is 13.3. The number of hydrogen-bond donors (Lipinski definition) is 2. The molecule has 8 nitrogen and oxygen atoms in total. The van der Waals surface area contributed by atoms with Gasteiger partial charge in [-0.2, -0.15) is 10.2 Å². The summed E-state index contributed by atoms with van der Waals surface area (Å²) in [5.74, 6) is 1.10. The second-order valence-electron chi connectivity index (χ2n) is 7.16. The summed E-state index contributed by atoms with van der Waals surface area (Å²) in [4.78, 5) is 7.79. The fourth-order valence-electron chi connectivity index (χ4n) is 3.19. The average molecular weight is 576 g/mol. The molecule has 4 N–H and O–H groups in total. The summed E-state index contributed by atoms with van der Waals surface area (Å²) in [7, 11) is 0. The minimum Gasteiger partial charge on any atom is -0.382 e. The van der Waals surface area contributed by atoms with Crippen molar-refractivity contribution in [1.82, 2.24) is 24.7 Å². The highest BCUT2D eigenvalue weighted by Crippen LogP contribution is 2.53. The second kappa shape index (κ2) is 11.9. The number of halogens is 3. The van der Waals surface area contributed by atoms with Gasteiger partial charge in [-0.25, -0.2) is 4.98 Å². The van der Waals surface area contributed by atoms with Crippen molar-refractivity contribution < 1.29 is 0 Å². The Morgan fingerprint density at radius 2 is 1.83 bits per heavy atom. The van der Waals surface area contributed by atoms with Crippen molar-refractivity contribution in [1.29, 1.82) is 5.26 Å². The lowest BCUT2D eigenvalue weighted by atomic mass is 10.1. The predicted octanol–water partition coefficient (Wildman–Crippen LogP) is 6.42. The number of hydrogen-bond acceptors (Lipinski definition) is 9. The number of thioether (sulfide) groups is 2. The van der Waals surface area contributed by atoms with E-state index in [4.69, 9.17) is 46.3 Å². The fourth-order valence-corrected chi connectivity index (χ4v) is 6.84. The molecule has 0 radical (unpaired) electrons. The lowest BCUT2D eigenvalue weighted by Gasteiger charge is -2.09. The summed E-state index contributed by atoms with van der Waals surface area (Å²) < 4.78 is 2.78. The van der Waals surface area contributed by atoms with Crippen molar-refractivity contribution in [3.8, 4) is 17.3 Å². The van der Waals surface area contributed by atoms with Crippen LogP contribution in [0.2, 0.25) is 15.1 Å². The first-order valence-electron chi connectivity index (χ1n) is 10.3. The number of aromatic nitrogens is 5. The molecular formula is C23H17Cl3N8S2. The van der Waals surface area contributed by atoms with Crippen LogP contribution in [0.25, 0.3) is 17.0 Å². The predicted molar refractivity (Wildman–Crippen MR) is 149 cm³/mol. The van der Waals surface area contributed by atoms with Crippen molar-refractivity contribution >= 4 is 75.8 Å². The molecule has 3 heterocycles. The highest BCUT2D eigenvalue weighted by atomic mass is 35.5. The molecule has 1 aliphatic heterocycles. The quantitative estimate of drug-likeness (QED) is 0.266. The van der Waals surface area contributed by atoms with Crippen molar-refractivity contribution in [2.24, 2.45) is 0 Å². The topological polar surface area (TPSA) is 132 Å². The van der Waals surface area contributed by atoms with Crippen LogP contribution in [0.5, 0.6) is 0 Å². The van der Waals surface area contributed by atoms with Crippen LogP contribution in [-0.4, -0.2) is 30.5 Å². The maximum Gasteiger partial charge on any atom is 0.242 e. The Bertz CT molecular complexity index is 1450. The number of nitriles is 1. The number of imidazole rings is 1. The van der Waals surface area contributed by atoms with Crippen LogP contribution >= 0.6 is 58.3 Å². The molecule has 4 aromatic rings. The minimum absolute atomic E-state index is 0.0133. The SMILES string of the molecule is N#C/C(=C1\SCC(c2ccccc2Cl)S1)n1ccnc1.Nc1nnc(-c2cccc(Cl)c2Cl)c(N)n1. The third-order valence-corrected chi connectivity index (χ3v) is 8.95. The average Bonchev–Trinajstić information content (AvgIpc) is 3.56. The molecule has 0 amide bonds. The maximum absolute atomic E-state index is 9.36. The van der Waals surface area contributed by atoms with E-state index >= 15 is 0 Å². The maximum atomic E-state index is 9.36. The molecule has 1 unspecified atom stereocenters. The number of nitrogens with zero attached hydrogens (tertiary/aromatic N) is 6. The van der Waals surface area contributed by atoms with Crippen LogP contribution in [0.3, 0.4) is 0 Å². The van der Waals surface area contributed by atoms with Crippen LogP contribution in [0.15, 0.2) is 65.4 Å². The molecule has 0 aliphatic carbocycles. The van der Waals surface area contributed by atoms with E-state index < -0.39 is 0 Å². The molecule has 2 aromatic carbocycles. The molecule has 1 fully saturated rings. The molecule has 0 saturated carbocycles. The van der Waals surface area contributed by atoms with Gasteiger partial charge in [0.15, 0.2) is 5.82 Å². The zero-order valence-corrected chi connectivity index (χ0v) is 22.2. The molecule has 5 rings (SSSR count). The third-order valence-electron chi connectivity index (χ3n) is 4.87. The minimum atomic E-state index is 0.0133. The van der Waals surface area contributed by atoms with Gasteiger partial charge < -0.3 is 11.5 Å². The van der Waals surface area contributed by atoms with Crippen molar-refractivity contribution in [2.45, 2.75) is 5.25 Å². The Morgan fingerprint density at radius 3 is 2.53 bits per heavy atom. The number of nitrogen functional groups attached to an aromatic ring is 2. The Balaban J connectivity index is 0.000000174. The molecule has 2 aromatic heterocycles. The summed E-state index contributed by atoms with van der Waals surface area (Å²) in [6.45, 7) is 0. The van der Waals surface area contributed by atoms with E-state index in [1.54, 1.807) is 65.0 Å². The number of anilines is 2. The fraction of sp³-hybridized carbons (Fsp3) is 0.0870. The lowest BCUT2D eigenvalue weighted by molar-refractivity contribution is 1.000. The molecular weight excluding hydrogens is 559 g/mol. The van der Waals surface area contributed by atoms with E-state index in [2.05, 4.69) is 26.2 Å². The normalized spacial score (nSPS) is 16.1. The highest BCUT2D eigenvalue weighted by molar-refractivity contribution is 8.25. The molecule has 0 bridgehead atoms. The van der Waals surface area contributed by atoms with E-state index in [1.807, 2.05) is 24.3 Å². The first kappa shape index (κ1) is 26.1. The monoisotopic (exact) mass is 574 g/mol. The molecule has 1 saturated heterocycles. The Hall–Kier alpha value is -2.94. The Kier molecular flexibility index (Phi) is 8.61. The van der Waals surface area contributed by atoms with Gasteiger partial charge in [0.05, 0.1) is 20.6 Å². The zero-order chi connectivity index (χ0) is 25.7. The van der Waals surface area contributed by atoms with E-state index in [9.17, 15) is 5.26 Å². The van der Waals surface area contributed by atoms with Crippen LogP contribution < -0.4 is 11.5 Å². The summed E-state index contributed by atoms with van der Waals surface area (Å²) in [5.41, 5.74) is 13.7. The molecule has 182 valence electrons. The number of allylic oxidation sites excluding steroid dienone is 1. The summed E-state index contributed by atoms with van der Waals surface area (Å²) in [6, 6.07) is 15.3. The van der Waals surface area contributed by atoms with Crippen molar-refractivity contribution in [3.63, 3.8) is 0 Å². The van der Waals surface area contributed by atoms with Gasteiger partial charge in [0.1, 0.15) is 17.5 Å². The first-order chi connectivity index (χ1) is 17.4. The van der Waals surface area contributed by atoms with Crippen LogP contribution in [0.4, 0.5) is 11.8 Å². The number of rotatable bonds is 3. The van der Waals surface area contributed by atoms with Crippen LogP contribution in [-0.2, 0) is 0 Å². The van der Waals surface area contributed by atoms with Crippen LogP contribution in [0.1, 0.15) is 10.8 Å². The van der Waals surface area contributed by atoms with Crippen LogP contribution in [0, 0.1) is 11.3 Å². The summed E-state index contributed by atoms with van der Waals surface area (Å²) in [6.07, 6.45) is 5.11. The van der Waals surface area contributed by atoms with Crippen molar-refractivity contribution in [2.75, 3.05) is 17.2 Å². The Labute approximate surface area is 230 Å². The van der Waals surface area contributed by atoms with E-state index in [0.717, 1.165) is 20.6 Å². The van der Waals surface area contributed by atoms with Gasteiger partial charge >= 0.3 is 0 Å². The molecule has 0 spiro atoms. The molecule has 13 heteroatoms. The smallest absolute Gasteiger partial charge is 0.242 e. The second-order valence-corrected chi connectivity index (χ2v) is 10.9. The number of benzene rings is 2. The van der Waals surface area contributed by atoms with Gasteiger partial charge in [0.2, 0.25) is 5.95 Å². The van der Waals surface area contributed by atoms with Gasteiger partial charge in [0.25, 0.3) is 0 Å². The Morgan fingerprint density at radius 1 is 1.06 bits per heavy atom. The summed E-state index contributed by atoms with van der Waals surface area (Å²) in [5, 5.41) is 18.7. The van der Waals surface area contributed by atoms with Gasteiger partial charge in [-0.15, -0.1) is 33.7 Å². The van der Waals surface area contributed by atoms with Crippen molar-refractivity contribution in [3.05, 3.63) is 86.1 Å². The van der Waals surface area contributed by atoms with Gasteiger partial charge in [-0.05, 0) is 17.7 Å². The standard InChI is InChI=1S/C14H10ClN3S2.C9H7Cl2N5/c15-11-4-2-1-3-10(11)13-8-19-14(20-13)12(7-16)18-6-5-17-9-18;10-5-3-1-2-4(6(5)11)7-8(12)14-9(13)16-15-7/h1-6,9,13H,8H2;1-3H,(H4,12,13,14,16)/b14-12-;. The molecule has 1 aliphatic rings. The van der Waals surface area contributed by atoms with Gasteiger partial charge in [-0.1, -0.05) is 65.1 Å². The largest absolute Gasteiger partial charge is 0.382 e. The zero-order valence-electron chi connectivity index (χ0n) is 18.3. The van der Waals surface area contributed by atoms with E-state index in [-0.39, 0.29) is 17.0 Å². The van der Waals surface area contributed by atoms with E-state index in [0.29, 0.717) is 27.0 Å². The molecule has 1 atom stereocenters. The van der Waals surface area contributed by atoms with Gasteiger partial charge in [-0.3, -0.25) is 4.57 Å². The summed E-state index contributed by atoms with van der Waals surface area (Å²) >= 11 is 21.5.